The summed E-state index contributed by atoms with van der Waals surface area (Å²) in [5.41, 5.74) is 0. The quantitative estimate of drug-likeness (QED) is 0.190. The van der Waals surface area contributed by atoms with Crippen molar-refractivity contribution in [1.82, 2.24) is 0 Å². The number of alkyl halides is 1. The Balaban J connectivity index is 3.33. The summed E-state index contributed by atoms with van der Waals surface area (Å²) in [5, 5.41) is 0. The second-order valence-corrected chi connectivity index (χ2v) is 6.43. The predicted molar refractivity (Wildman–Crippen MR) is 97.2 cm³/mol. The zero-order valence-electron chi connectivity index (χ0n) is 14.9. The molecule has 2 unspecified atom stereocenters. The Morgan fingerprint density at radius 1 is 0.913 bits per heavy atom. The third-order valence-electron chi connectivity index (χ3n) is 4.02. The largest absolute Gasteiger partial charge is 0.464 e. The zero-order chi connectivity index (χ0) is 17.2. The molecule has 0 heterocycles. The Kier molecular flexibility index (Phi) is 18.0. The molecular weight excluding hydrogens is 314 g/mol. The minimum absolute atomic E-state index is 0.173. The van der Waals surface area contributed by atoms with Crippen LogP contribution in [0.4, 0.5) is 4.39 Å². The number of hydrogen-bond donors (Lipinski definition) is 0. The van der Waals surface area contributed by atoms with Crippen LogP contribution in [-0.2, 0) is 14.1 Å². The van der Waals surface area contributed by atoms with Crippen LogP contribution >= 0.6 is 9.47 Å². The van der Waals surface area contributed by atoms with Gasteiger partial charge >= 0.3 is 5.97 Å². The third kappa shape index (κ3) is 15.1. The average molecular weight is 350 g/mol. The summed E-state index contributed by atoms with van der Waals surface area (Å²) >= 11 is 0. The molecule has 0 saturated carbocycles. The highest BCUT2D eigenvalue weighted by atomic mass is 31.0. The molecule has 0 aliphatic heterocycles. The standard InChI is InChI=1S/C18H36FO3P/c1-2-3-14-17(22-23)18(20)21-16-13-11-9-7-5-4-6-8-10-12-15-19/h17H,2-16,23H2,1H3. The summed E-state index contributed by atoms with van der Waals surface area (Å²) in [4.78, 5) is 11.8. The average Bonchev–Trinajstić information content (AvgIpc) is 2.56. The van der Waals surface area contributed by atoms with Crippen molar-refractivity contribution < 1.29 is 18.4 Å². The van der Waals surface area contributed by atoms with E-state index in [1.165, 1.54) is 32.1 Å². The topological polar surface area (TPSA) is 35.5 Å². The number of unbranched alkanes of at least 4 members (excludes halogenated alkanes) is 10. The first-order valence-corrected chi connectivity index (χ1v) is 9.81. The first-order valence-electron chi connectivity index (χ1n) is 9.34. The zero-order valence-corrected chi connectivity index (χ0v) is 16.0. The van der Waals surface area contributed by atoms with Gasteiger partial charge in [-0.3, -0.25) is 4.39 Å². The van der Waals surface area contributed by atoms with Crippen LogP contribution in [0.2, 0.25) is 0 Å². The van der Waals surface area contributed by atoms with Gasteiger partial charge < -0.3 is 9.26 Å². The Hall–Kier alpha value is -0.210. The number of carbonyl (C=O) groups excluding carboxylic acids is 1. The van der Waals surface area contributed by atoms with E-state index in [1.807, 2.05) is 0 Å². The van der Waals surface area contributed by atoms with Gasteiger partial charge in [0.25, 0.3) is 0 Å². The summed E-state index contributed by atoms with van der Waals surface area (Å²) in [6.07, 6.45) is 13.4. The highest BCUT2D eigenvalue weighted by molar-refractivity contribution is 7.09. The fourth-order valence-electron chi connectivity index (χ4n) is 2.51. The van der Waals surface area contributed by atoms with Crippen LogP contribution in [0.5, 0.6) is 0 Å². The Bertz CT molecular complexity index is 265. The number of carbonyl (C=O) groups is 1. The predicted octanol–water partition coefficient (Wildman–Crippen LogP) is 5.77. The molecule has 138 valence electrons. The molecule has 0 amide bonds. The molecule has 0 aromatic carbocycles. The number of halogens is 1. The molecule has 23 heavy (non-hydrogen) atoms. The minimum Gasteiger partial charge on any atom is -0.464 e. The summed E-state index contributed by atoms with van der Waals surface area (Å²) in [6, 6.07) is 0. The molecule has 0 bridgehead atoms. The van der Waals surface area contributed by atoms with Crippen molar-refractivity contribution in [2.45, 2.75) is 96.5 Å². The van der Waals surface area contributed by atoms with E-state index in [9.17, 15) is 9.18 Å². The number of rotatable bonds is 17. The molecule has 0 aliphatic rings. The number of esters is 1. The molecule has 2 atom stereocenters. The molecule has 0 saturated heterocycles. The van der Waals surface area contributed by atoms with Crippen molar-refractivity contribution in [2.24, 2.45) is 0 Å². The lowest BCUT2D eigenvalue weighted by molar-refractivity contribution is -0.151. The fourth-order valence-corrected chi connectivity index (χ4v) is 2.75. The van der Waals surface area contributed by atoms with E-state index in [2.05, 4.69) is 16.4 Å². The van der Waals surface area contributed by atoms with Crippen molar-refractivity contribution in [1.29, 1.82) is 0 Å². The molecule has 0 aromatic heterocycles. The van der Waals surface area contributed by atoms with Crippen LogP contribution in [0.25, 0.3) is 0 Å². The van der Waals surface area contributed by atoms with Crippen molar-refractivity contribution in [2.75, 3.05) is 13.3 Å². The lowest BCUT2D eigenvalue weighted by Gasteiger charge is -2.13. The van der Waals surface area contributed by atoms with Gasteiger partial charge in [0.15, 0.2) is 6.10 Å². The third-order valence-corrected chi connectivity index (χ3v) is 4.35. The molecule has 0 N–H and O–H groups in total. The molecule has 0 rings (SSSR count). The second kappa shape index (κ2) is 18.1. The first kappa shape index (κ1) is 22.8. The van der Waals surface area contributed by atoms with Crippen molar-refractivity contribution in [3.8, 4) is 0 Å². The van der Waals surface area contributed by atoms with Gasteiger partial charge in [0.1, 0.15) is 0 Å². The van der Waals surface area contributed by atoms with E-state index in [0.717, 1.165) is 51.4 Å². The van der Waals surface area contributed by atoms with Gasteiger partial charge in [0, 0.05) is 9.47 Å². The van der Waals surface area contributed by atoms with Crippen LogP contribution in [0, 0.1) is 0 Å². The molecule has 0 fully saturated rings. The van der Waals surface area contributed by atoms with Gasteiger partial charge in [-0.1, -0.05) is 71.1 Å². The molecular formula is C18H36FO3P. The minimum atomic E-state index is -0.433. The van der Waals surface area contributed by atoms with Crippen molar-refractivity contribution >= 4 is 15.4 Å². The first-order chi connectivity index (χ1) is 11.3. The van der Waals surface area contributed by atoms with Crippen molar-refractivity contribution in [3.63, 3.8) is 0 Å². The van der Waals surface area contributed by atoms with Crippen LogP contribution in [0.1, 0.15) is 90.4 Å². The second-order valence-electron chi connectivity index (χ2n) is 6.16. The summed E-state index contributed by atoms with van der Waals surface area (Å²) in [5.74, 6) is -0.235. The van der Waals surface area contributed by atoms with E-state index < -0.39 is 6.10 Å². The van der Waals surface area contributed by atoms with Crippen LogP contribution in [-0.4, -0.2) is 25.4 Å². The maximum atomic E-state index is 11.9. The number of hydrogen-bond acceptors (Lipinski definition) is 3. The molecule has 0 spiro atoms. The summed E-state index contributed by atoms with van der Waals surface area (Å²) < 4.78 is 22.3. The molecule has 0 aromatic rings. The molecule has 0 radical (unpaired) electrons. The summed E-state index contributed by atoms with van der Waals surface area (Å²) in [6.45, 7) is 2.42. The van der Waals surface area contributed by atoms with Gasteiger partial charge in [0.2, 0.25) is 0 Å². The Labute approximate surface area is 144 Å². The molecule has 3 nitrogen and oxygen atoms in total. The number of ether oxygens (including phenoxy) is 1. The van der Waals surface area contributed by atoms with E-state index in [1.54, 1.807) is 0 Å². The van der Waals surface area contributed by atoms with Crippen LogP contribution < -0.4 is 0 Å². The van der Waals surface area contributed by atoms with E-state index in [4.69, 9.17) is 9.26 Å². The Morgan fingerprint density at radius 3 is 1.91 bits per heavy atom. The highest BCUT2D eigenvalue weighted by Crippen LogP contribution is 2.12. The Morgan fingerprint density at radius 2 is 1.43 bits per heavy atom. The van der Waals surface area contributed by atoms with Gasteiger partial charge in [-0.2, -0.15) is 0 Å². The van der Waals surface area contributed by atoms with E-state index >= 15 is 0 Å². The van der Waals surface area contributed by atoms with Gasteiger partial charge in [-0.15, -0.1) is 0 Å². The van der Waals surface area contributed by atoms with Crippen LogP contribution in [0.3, 0.4) is 0 Å². The fraction of sp³-hybridized carbons (Fsp3) is 0.944. The smallest absolute Gasteiger partial charge is 0.335 e. The lowest BCUT2D eigenvalue weighted by Crippen LogP contribution is -2.24. The normalized spacial score (nSPS) is 12.3. The van der Waals surface area contributed by atoms with Crippen molar-refractivity contribution in [3.05, 3.63) is 0 Å². The van der Waals surface area contributed by atoms with Gasteiger partial charge in [0.05, 0.1) is 13.3 Å². The summed E-state index contributed by atoms with van der Waals surface area (Å²) in [7, 11) is 2.16. The maximum absolute atomic E-state index is 11.9. The lowest BCUT2D eigenvalue weighted by atomic mass is 10.1. The maximum Gasteiger partial charge on any atom is 0.335 e. The molecule has 5 heteroatoms. The SMILES string of the molecule is CCCCC(OP)C(=O)OCCCCCCCCCCCCF. The monoisotopic (exact) mass is 350 g/mol. The van der Waals surface area contributed by atoms with E-state index in [0.29, 0.717) is 6.61 Å². The molecule has 0 aliphatic carbocycles. The highest BCUT2D eigenvalue weighted by Gasteiger charge is 2.18. The van der Waals surface area contributed by atoms with Crippen LogP contribution in [0.15, 0.2) is 0 Å². The van der Waals surface area contributed by atoms with Gasteiger partial charge in [-0.05, 0) is 19.3 Å². The van der Waals surface area contributed by atoms with E-state index in [-0.39, 0.29) is 12.6 Å². The van der Waals surface area contributed by atoms with Gasteiger partial charge in [-0.25, -0.2) is 4.79 Å².